The Kier molecular flexibility index (Phi) is 6.06. The molecule has 0 saturated carbocycles. The highest BCUT2D eigenvalue weighted by molar-refractivity contribution is 5.99. The van der Waals surface area contributed by atoms with Crippen molar-refractivity contribution in [3.05, 3.63) is 53.8 Å². The van der Waals surface area contributed by atoms with E-state index in [-0.39, 0.29) is 17.4 Å². The molecule has 26 heavy (non-hydrogen) atoms. The lowest BCUT2D eigenvalue weighted by Gasteiger charge is -2.16. The number of hydrogen-bond acceptors (Lipinski definition) is 4. The van der Waals surface area contributed by atoms with Gasteiger partial charge in [-0.15, -0.1) is 0 Å². The number of Topliss-reactive ketones (excluding diaryl/α,β-unsaturated/α-hetero) is 1. The van der Waals surface area contributed by atoms with Gasteiger partial charge in [0.2, 0.25) is 11.8 Å². The molecule has 0 spiro atoms. The van der Waals surface area contributed by atoms with Gasteiger partial charge in [0.05, 0.1) is 5.69 Å². The standard InChI is InChI=1S/C19H20FN3O3/c1-11(19(26)23-15-6-4-5-14(9-15)12(2)24)21-16-7-8-17(20)18(10-16)22-13(3)25/h4-11,21H,1-3H3,(H,22,25)(H,23,26). The van der Waals surface area contributed by atoms with Gasteiger partial charge in [-0.3, -0.25) is 14.4 Å². The molecule has 2 rings (SSSR count). The van der Waals surface area contributed by atoms with Crippen LogP contribution in [-0.2, 0) is 9.59 Å². The van der Waals surface area contributed by atoms with Gasteiger partial charge in [0.1, 0.15) is 11.9 Å². The van der Waals surface area contributed by atoms with Crippen LogP contribution in [0.4, 0.5) is 21.5 Å². The number of ketones is 1. The maximum atomic E-state index is 13.7. The summed E-state index contributed by atoms with van der Waals surface area (Å²) in [5.41, 5.74) is 1.52. The van der Waals surface area contributed by atoms with Crippen LogP contribution in [0.2, 0.25) is 0 Å². The molecule has 0 aliphatic heterocycles. The number of anilines is 3. The van der Waals surface area contributed by atoms with E-state index in [9.17, 15) is 18.8 Å². The highest BCUT2D eigenvalue weighted by atomic mass is 19.1. The Morgan fingerprint density at radius 1 is 0.962 bits per heavy atom. The van der Waals surface area contributed by atoms with Gasteiger partial charge in [-0.2, -0.15) is 0 Å². The van der Waals surface area contributed by atoms with Gasteiger partial charge >= 0.3 is 0 Å². The fourth-order valence-corrected chi connectivity index (χ4v) is 2.28. The molecule has 3 N–H and O–H groups in total. The van der Waals surface area contributed by atoms with Crippen molar-refractivity contribution in [3.63, 3.8) is 0 Å². The first kappa shape index (κ1) is 19.1. The summed E-state index contributed by atoms with van der Waals surface area (Å²) >= 11 is 0. The first-order valence-corrected chi connectivity index (χ1v) is 8.02. The molecule has 0 aromatic heterocycles. The van der Waals surface area contributed by atoms with Crippen LogP contribution >= 0.6 is 0 Å². The second-order valence-corrected chi connectivity index (χ2v) is 5.87. The van der Waals surface area contributed by atoms with Crippen molar-refractivity contribution in [1.29, 1.82) is 0 Å². The number of hydrogen-bond donors (Lipinski definition) is 3. The molecule has 136 valence electrons. The summed E-state index contributed by atoms with van der Waals surface area (Å²) in [4.78, 5) is 34.8. The highest BCUT2D eigenvalue weighted by Crippen LogP contribution is 2.20. The van der Waals surface area contributed by atoms with Crippen LogP contribution in [0.3, 0.4) is 0 Å². The summed E-state index contributed by atoms with van der Waals surface area (Å²) in [7, 11) is 0. The minimum absolute atomic E-state index is 0.0317. The van der Waals surface area contributed by atoms with E-state index < -0.39 is 17.8 Å². The van der Waals surface area contributed by atoms with Crippen molar-refractivity contribution < 1.29 is 18.8 Å². The Labute approximate surface area is 150 Å². The zero-order valence-corrected chi connectivity index (χ0v) is 14.7. The fraction of sp³-hybridized carbons (Fsp3) is 0.211. The maximum absolute atomic E-state index is 13.7. The minimum atomic E-state index is -0.633. The highest BCUT2D eigenvalue weighted by Gasteiger charge is 2.14. The largest absolute Gasteiger partial charge is 0.374 e. The first-order chi connectivity index (χ1) is 12.3. The molecule has 0 fully saturated rings. The molecule has 2 amide bonds. The predicted octanol–water partition coefficient (Wildman–Crippen LogP) is 3.43. The Hall–Kier alpha value is -3.22. The number of benzene rings is 2. The lowest BCUT2D eigenvalue weighted by molar-refractivity contribution is -0.116. The van der Waals surface area contributed by atoms with Gasteiger partial charge in [-0.05, 0) is 44.2 Å². The molecule has 0 bridgehead atoms. The van der Waals surface area contributed by atoms with E-state index in [0.29, 0.717) is 16.9 Å². The molecule has 0 aliphatic rings. The smallest absolute Gasteiger partial charge is 0.246 e. The summed E-state index contributed by atoms with van der Waals surface area (Å²) in [5.74, 6) is -1.37. The molecule has 0 aliphatic carbocycles. The second-order valence-electron chi connectivity index (χ2n) is 5.87. The zero-order valence-electron chi connectivity index (χ0n) is 14.7. The van der Waals surface area contributed by atoms with Crippen molar-refractivity contribution in [1.82, 2.24) is 0 Å². The number of halogens is 1. The summed E-state index contributed by atoms with van der Waals surface area (Å²) < 4.78 is 13.7. The minimum Gasteiger partial charge on any atom is -0.374 e. The van der Waals surface area contributed by atoms with Gasteiger partial charge in [0, 0.05) is 23.9 Å². The Morgan fingerprint density at radius 3 is 2.35 bits per heavy atom. The summed E-state index contributed by atoms with van der Waals surface area (Å²) in [6, 6.07) is 10.1. The third-order valence-corrected chi connectivity index (χ3v) is 3.59. The van der Waals surface area contributed by atoms with E-state index in [1.54, 1.807) is 31.2 Å². The predicted molar refractivity (Wildman–Crippen MR) is 98.9 cm³/mol. The van der Waals surface area contributed by atoms with Gasteiger partial charge < -0.3 is 16.0 Å². The van der Waals surface area contributed by atoms with Crippen LogP contribution in [0.1, 0.15) is 31.1 Å². The first-order valence-electron chi connectivity index (χ1n) is 8.02. The van der Waals surface area contributed by atoms with Crippen molar-refractivity contribution in [2.45, 2.75) is 26.8 Å². The van der Waals surface area contributed by atoms with Gasteiger partial charge in [0.15, 0.2) is 5.78 Å². The molecule has 0 saturated heterocycles. The number of nitrogens with one attached hydrogen (secondary N) is 3. The van der Waals surface area contributed by atoms with Crippen LogP contribution in [0.25, 0.3) is 0 Å². The monoisotopic (exact) mass is 357 g/mol. The Morgan fingerprint density at radius 2 is 1.69 bits per heavy atom. The molecule has 0 radical (unpaired) electrons. The molecule has 6 nitrogen and oxygen atoms in total. The van der Waals surface area contributed by atoms with Crippen LogP contribution in [0.15, 0.2) is 42.5 Å². The zero-order chi connectivity index (χ0) is 19.3. The van der Waals surface area contributed by atoms with E-state index >= 15 is 0 Å². The van der Waals surface area contributed by atoms with E-state index in [1.807, 2.05) is 0 Å². The van der Waals surface area contributed by atoms with E-state index in [2.05, 4.69) is 16.0 Å². The number of amides is 2. The molecular formula is C19H20FN3O3. The summed E-state index contributed by atoms with van der Waals surface area (Å²) in [6.45, 7) is 4.38. The van der Waals surface area contributed by atoms with E-state index in [0.717, 1.165) is 0 Å². The van der Waals surface area contributed by atoms with Crippen LogP contribution in [0.5, 0.6) is 0 Å². The lowest BCUT2D eigenvalue weighted by atomic mass is 10.1. The quantitative estimate of drug-likeness (QED) is 0.691. The van der Waals surface area contributed by atoms with Crippen molar-refractivity contribution in [2.75, 3.05) is 16.0 Å². The number of rotatable bonds is 6. The molecule has 1 atom stereocenters. The fourth-order valence-electron chi connectivity index (χ4n) is 2.28. The van der Waals surface area contributed by atoms with E-state index in [4.69, 9.17) is 0 Å². The molecule has 0 heterocycles. The van der Waals surface area contributed by atoms with Crippen LogP contribution < -0.4 is 16.0 Å². The molecule has 7 heteroatoms. The van der Waals surface area contributed by atoms with Crippen molar-refractivity contribution in [3.8, 4) is 0 Å². The number of carbonyl (C=O) groups excluding carboxylic acids is 3. The molecular weight excluding hydrogens is 337 g/mol. The normalized spacial score (nSPS) is 11.4. The topological polar surface area (TPSA) is 87.3 Å². The molecule has 2 aromatic carbocycles. The van der Waals surface area contributed by atoms with Crippen molar-refractivity contribution in [2.24, 2.45) is 0 Å². The van der Waals surface area contributed by atoms with Crippen LogP contribution in [-0.4, -0.2) is 23.6 Å². The summed E-state index contributed by atoms with van der Waals surface area (Å²) in [5, 5.41) is 8.05. The Balaban J connectivity index is 2.06. The average Bonchev–Trinajstić information content (AvgIpc) is 2.57. The Bertz CT molecular complexity index is 852. The average molecular weight is 357 g/mol. The third-order valence-electron chi connectivity index (χ3n) is 3.59. The van der Waals surface area contributed by atoms with Gasteiger partial charge in [0.25, 0.3) is 0 Å². The van der Waals surface area contributed by atoms with Crippen LogP contribution in [0, 0.1) is 5.82 Å². The lowest BCUT2D eigenvalue weighted by Crippen LogP contribution is -2.32. The SMILES string of the molecule is CC(=O)Nc1cc(NC(C)C(=O)Nc2cccc(C(C)=O)c2)ccc1F. The van der Waals surface area contributed by atoms with Gasteiger partial charge in [-0.25, -0.2) is 4.39 Å². The van der Waals surface area contributed by atoms with Crippen molar-refractivity contribution >= 4 is 34.7 Å². The third kappa shape index (κ3) is 5.14. The molecule has 2 aromatic rings. The second kappa shape index (κ2) is 8.24. The summed E-state index contributed by atoms with van der Waals surface area (Å²) in [6.07, 6.45) is 0. The molecule has 1 unspecified atom stereocenters. The maximum Gasteiger partial charge on any atom is 0.246 e. The number of carbonyl (C=O) groups is 3. The van der Waals surface area contributed by atoms with Gasteiger partial charge in [-0.1, -0.05) is 12.1 Å². The van der Waals surface area contributed by atoms with E-state index in [1.165, 1.54) is 32.0 Å².